The summed E-state index contributed by atoms with van der Waals surface area (Å²) in [5.41, 5.74) is 2.03. The molecular formula is C16H18N2OSSi. The normalized spacial score (nSPS) is 12.0. The third-order valence-corrected chi connectivity index (χ3v) is 5.66. The fraction of sp³-hybridized carbons (Fsp3) is 0.250. The van der Waals surface area contributed by atoms with E-state index in [1.165, 1.54) is 11.3 Å². The molecule has 21 heavy (non-hydrogen) atoms. The molecule has 0 radical (unpaired) electrons. The lowest BCUT2D eigenvalue weighted by atomic mass is 10.2. The Morgan fingerprint density at radius 3 is 2.57 bits per heavy atom. The molecule has 0 aliphatic rings. The Morgan fingerprint density at radius 2 is 1.90 bits per heavy atom. The minimum Gasteiger partial charge on any atom is -0.301 e. The fourth-order valence-electron chi connectivity index (χ4n) is 2.31. The maximum absolute atomic E-state index is 12.6. The molecule has 0 saturated heterocycles. The van der Waals surface area contributed by atoms with Gasteiger partial charge >= 0.3 is 0 Å². The Labute approximate surface area is 128 Å². The molecule has 2 aromatic heterocycles. The molecule has 5 heteroatoms. The largest absolute Gasteiger partial charge is 0.301 e. The molecule has 0 aliphatic heterocycles. The molecule has 3 rings (SSSR count). The molecule has 0 spiro atoms. The van der Waals surface area contributed by atoms with Gasteiger partial charge in [-0.05, 0) is 11.6 Å². The van der Waals surface area contributed by atoms with Gasteiger partial charge in [-0.15, -0.1) is 11.3 Å². The molecule has 2 heterocycles. The van der Waals surface area contributed by atoms with E-state index >= 15 is 0 Å². The number of thiophene rings is 1. The Balaban J connectivity index is 2.11. The summed E-state index contributed by atoms with van der Waals surface area (Å²) in [5.74, 6) is 0. The third kappa shape index (κ3) is 2.98. The summed E-state index contributed by atoms with van der Waals surface area (Å²) < 4.78 is 2.54. The second-order valence-electron chi connectivity index (χ2n) is 6.43. The van der Waals surface area contributed by atoms with Gasteiger partial charge in [-0.25, -0.2) is 4.98 Å². The van der Waals surface area contributed by atoms with Crippen LogP contribution >= 0.6 is 11.3 Å². The molecule has 3 aromatic rings. The predicted octanol–water partition coefficient (Wildman–Crippen LogP) is 4.00. The second kappa shape index (κ2) is 5.24. The molecule has 0 atom stereocenters. The molecule has 3 nitrogen and oxygen atoms in total. The molecule has 0 amide bonds. The van der Waals surface area contributed by atoms with Gasteiger partial charge in [-0.1, -0.05) is 50.0 Å². The number of hydrogen-bond acceptors (Lipinski definition) is 3. The molecular weight excluding hydrogens is 296 g/mol. The van der Waals surface area contributed by atoms with Gasteiger partial charge in [0.2, 0.25) is 0 Å². The first-order chi connectivity index (χ1) is 9.94. The van der Waals surface area contributed by atoms with Gasteiger partial charge in [-0.3, -0.25) is 4.79 Å². The van der Waals surface area contributed by atoms with E-state index in [1.807, 2.05) is 24.3 Å². The monoisotopic (exact) mass is 314 g/mol. The highest BCUT2D eigenvalue weighted by Crippen LogP contribution is 2.30. The van der Waals surface area contributed by atoms with E-state index in [0.29, 0.717) is 0 Å². The zero-order chi connectivity index (χ0) is 15.0. The van der Waals surface area contributed by atoms with E-state index in [9.17, 15) is 4.79 Å². The van der Waals surface area contributed by atoms with Crippen molar-refractivity contribution in [1.82, 2.24) is 9.55 Å². The van der Waals surface area contributed by atoms with Crippen molar-refractivity contribution in [3.05, 3.63) is 53.1 Å². The van der Waals surface area contributed by atoms with Crippen molar-refractivity contribution in [2.45, 2.75) is 25.8 Å². The average molecular weight is 314 g/mol. The van der Waals surface area contributed by atoms with Gasteiger partial charge < -0.3 is 4.57 Å². The Hall–Kier alpha value is -1.72. The number of nitrogens with zero attached hydrogens (tertiary/aromatic N) is 2. The minimum atomic E-state index is -1.35. The van der Waals surface area contributed by atoms with Crippen LogP contribution in [0.15, 0.2) is 47.5 Å². The van der Waals surface area contributed by atoms with Crippen molar-refractivity contribution in [3.8, 4) is 10.4 Å². The van der Waals surface area contributed by atoms with Crippen LogP contribution in [0.4, 0.5) is 0 Å². The van der Waals surface area contributed by atoms with Crippen LogP contribution in [0.3, 0.4) is 0 Å². The number of aromatic nitrogens is 2. The highest BCUT2D eigenvalue weighted by atomic mass is 32.1. The Kier molecular flexibility index (Phi) is 3.55. The van der Waals surface area contributed by atoms with Crippen LogP contribution in [-0.2, 0) is 6.17 Å². The van der Waals surface area contributed by atoms with Gasteiger partial charge in [0.1, 0.15) is 4.70 Å². The molecule has 0 aliphatic carbocycles. The topological polar surface area (TPSA) is 34.9 Å². The summed E-state index contributed by atoms with van der Waals surface area (Å²) in [7, 11) is -1.35. The van der Waals surface area contributed by atoms with Gasteiger partial charge in [0, 0.05) is 11.0 Å². The number of benzene rings is 1. The summed E-state index contributed by atoms with van der Waals surface area (Å²) in [4.78, 5) is 18.2. The molecule has 0 fully saturated rings. The maximum Gasteiger partial charge on any atom is 0.271 e. The first-order valence-electron chi connectivity index (χ1n) is 6.98. The number of fused-ring (bicyclic) bond motifs is 1. The van der Waals surface area contributed by atoms with E-state index in [1.54, 1.807) is 10.9 Å². The molecule has 1 aromatic carbocycles. The van der Waals surface area contributed by atoms with Crippen molar-refractivity contribution >= 4 is 29.6 Å². The van der Waals surface area contributed by atoms with Gasteiger partial charge in [0.25, 0.3) is 5.56 Å². The second-order valence-corrected chi connectivity index (χ2v) is 12.9. The molecule has 0 unspecified atom stereocenters. The summed E-state index contributed by atoms with van der Waals surface area (Å²) in [6, 6.07) is 12.1. The zero-order valence-corrected chi connectivity index (χ0v) is 14.3. The standard InChI is InChI=1S/C16H18N2OSSi/c1-21(2,3)11-18-10-17-13-9-14(20-15(13)16(18)19)12-7-5-4-6-8-12/h4-10H,11H2,1-3H3. The summed E-state index contributed by atoms with van der Waals surface area (Å²) in [6.07, 6.45) is 2.51. The number of hydrogen-bond donors (Lipinski definition) is 0. The maximum atomic E-state index is 12.6. The van der Waals surface area contributed by atoms with Crippen molar-refractivity contribution in [3.63, 3.8) is 0 Å². The van der Waals surface area contributed by atoms with Crippen molar-refractivity contribution in [2.24, 2.45) is 0 Å². The Bertz CT molecular complexity index is 831. The van der Waals surface area contributed by atoms with Gasteiger partial charge in [0.05, 0.1) is 19.9 Å². The van der Waals surface area contributed by atoms with E-state index in [0.717, 1.165) is 26.8 Å². The molecule has 108 valence electrons. The van der Waals surface area contributed by atoms with Crippen molar-refractivity contribution in [2.75, 3.05) is 0 Å². The van der Waals surface area contributed by atoms with Gasteiger partial charge in [0.15, 0.2) is 0 Å². The lowest BCUT2D eigenvalue weighted by Gasteiger charge is -2.16. The first kappa shape index (κ1) is 14.2. The van der Waals surface area contributed by atoms with E-state index < -0.39 is 8.07 Å². The van der Waals surface area contributed by atoms with Crippen LogP contribution in [0.25, 0.3) is 20.7 Å². The van der Waals surface area contributed by atoms with Crippen molar-refractivity contribution < 1.29 is 0 Å². The quantitative estimate of drug-likeness (QED) is 0.685. The summed E-state index contributed by atoms with van der Waals surface area (Å²) in [5, 5.41) is 0. The summed E-state index contributed by atoms with van der Waals surface area (Å²) in [6.45, 7) is 6.77. The molecule has 0 N–H and O–H groups in total. The smallest absolute Gasteiger partial charge is 0.271 e. The van der Waals surface area contributed by atoms with E-state index in [2.05, 4.69) is 36.8 Å². The zero-order valence-electron chi connectivity index (χ0n) is 12.5. The summed E-state index contributed by atoms with van der Waals surface area (Å²) >= 11 is 1.54. The van der Waals surface area contributed by atoms with Crippen molar-refractivity contribution in [1.29, 1.82) is 0 Å². The van der Waals surface area contributed by atoms with E-state index in [-0.39, 0.29) is 5.56 Å². The SMILES string of the molecule is C[Si](C)(C)Cn1cnc2cc(-c3ccccc3)sc2c1=O. The van der Waals surface area contributed by atoms with Crippen LogP contribution in [0.5, 0.6) is 0 Å². The van der Waals surface area contributed by atoms with Crippen LogP contribution in [-0.4, -0.2) is 17.6 Å². The van der Waals surface area contributed by atoms with Crippen LogP contribution in [0, 0.1) is 0 Å². The average Bonchev–Trinajstić information content (AvgIpc) is 2.87. The van der Waals surface area contributed by atoms with Gasteiger partial charge in [-0.2, -0.15) is 0 Å². The van der Waals surface area contributed by atoms with Crippen LogP contribution < -0.4 is 5.56 Å². The lowest BCUT2D eigenvalue weighted by Crippen LogP contribution is -2.34. The third-order valence-electron chi connectivity index (χ3n) is 3.21. The minimum absolute atomic E-state index is 0.0922. The lowest BCUT2D eigenvalue weighted by molar-refractivity contribution is 0.795. The first-order valence-corrected chi connectivity index (χ1v) is 11.5. The molecule has 0 saturated carbocycles. The predicted molar refractivity (Wildman–Crippen MR) is 92.7 cm³/mol. The van der Waals surface area contributed by atoms with Crippen LogP contribution in [0.1, 0.15) is 0 Å². The highest BCUT2D eigenvalue weighted by Gasteiger charge is 2.17. The Morgan fingerprint density at radius 1 is 1.19 bits per heavy atom. The van der Waals surface area contributed by atoms with Crippen LogP contribution in [0.2, 0.25) is 19.6 Å². The molecule has 0 bridgehead atoms. The fourth-order valence-corrected chi connectivity index (χ4v) is 4.63. The van der Waals surface area contributed by atoms with E-state index in [4.69, 9.17) is 0 Å². The number of rotatable bonds is 3. The highest BCUT2D eigenvalue weighted by molar-refractivity contribution is 7.22.